The van der Waals surface area contributed by atoms with Crippen molar-refractivity contribution in [2.75, 3.05) is 13.1 Å². The molecule has 2 unspecified atom stereocenters. The Balaban J connectivity index is 1.85. The van der Waals surface area contributed by atoms with E-state index in [4.69, 9.17) is 11.6 Å². The number of nitrogens with zero attached hydrogens (tertiary/aromatic N) is 1. The van der Waals surface area contributed by atoms with Crippen LogP contribution in [0.1, 0.15) is 70.0 Å². The van der Waals surface area contributed by atoms with Gasteiger partial charge in [-0.2, -0.15) is 0 Å². The summed E-state index contributed by atoms with van der Waals surface area (Å²) in [4.78, 5) is 2.51. The van der Waals surface area contributed by atoms with Crippen molar-refractivity contribution in [3.8, 4) is 0 Å². The van der Waals surface area contributed by atoms with Gasteiger partial charge in [0.05, 0.1) is 6.10 Å². The van der Waals surface area contributed by atoms with E-state index in [2.05, 4.69) is 11.8 Å². The van der Waals surface area contributed by atoms with Gasteiger partial charge in [0.2, 0.25) is 0 Å². The fourth-order valence-electron chi connectivity index (χ4n) is 3.45. The Morgan fingerprint density at radius 2 is 1.95 bits per heavy atom. The van der Waals surface area contributed by atoms with E-state index >= 15 is 0 Å². The van der Waals surface area contributed by atoms with E-state index in [0.29, 0.717) is 6.04 Å². The number of β-amino-alcohol motifs (C(OH)–C–C–N with tert-alkyl or cyclic N) is 1. The summed E-state index contributed by atoms with van der Waals surface area (Å²) in [5.41, 5.74) is 0.972. The minimum atomic E-state index is -0.409. The van der Waals surface area contributed by atoms with Crippen LogP contribution in [0.3, 0.4) is 0 Å². The van der Waals surface area contributed by atoms with Crippen LogP contribution < -0.4 is 0 Å². The van der Waals surface area contributed by atoms with Crippen LogP contribution in [-0.2, 0) is 0 Å². The minimum Gasteiger partial charge on any atom is -0.387 e. The normalized spacial score (nSPS) is 21.0. The minimum absolute atomic E-state index is 0.409. The molecule has 124 valence electrons. The van der Waals surface area contributed by atoms with Gasteiger partial charge in [-0.15, -0.1) is 0 Å². The Morgan fingerprint density at radius 1 is 1.18 bits per heavy atom. The third-order valence-electron chi connectivity index (χ3n) is 4.80. The Morgan fingerprint density at radius 3 is 2.68 bits per heavy atom. The summed E-state index contributed by atoms with van der Waals surface area (Å²) < 4.78 is 0. The molecule has 1 aliphatic heterocycles. The second-order valence-electron chi connectivity index (χ2n) is 6.56. The number of aliphatic hydroxyl groups excluding tert-OH is 1. The molecule has 0 radical (unpaired) electrons. The molecule has 0 bridgehead atoms. The number of hydrogen-bond acceptors (Lipinski definition) is 2. The molecule has 1 N–H and O–H groups in total. The van der Waals surface area contributed by atoms with Gasteiger partial charge in [0.15, 0.2) is 0 Å². The van der Waals surface area contributed by atoms with Crippen molar-refractivity contribution < 1.29 is 5.11 Å². The van der Waals surface area contributed by atoms with Crippen LogP contribution in [0.15, 0.2) is 24.3 Å². The van der Waals surface area contributed by atoms with Gasteiger partial charge in [0, 0.05) is 17.6 Å². The van der Waals surface area contributed by atoms with Gasteiger partial charge in [-0.1, -0.05) is 62.8 Å². The van der Waals surface area contributed by atoms with Gasteiger partial charge in [-0.25, -0.2) is 0 Å². The summed E-state index contributed by atoms with van der Waals surface area (Å²) in [6.45, 7) is 4.14. The molecule has 1 fully saturated rings. The fourth-order valence-corrected chi connectivity index (χ4v) is 3.57. The van der Waals surface area contributed by atoms with Crippen LogP contribution in [-0.4, -0.2) is 29.1 Å². The zero-order chi connectivity index (χ0) is 15.8. The van der Waals surface area contributed by atoms with Crippen LogP contribution in [0.4, 0.5) is 0 Å². The van der Waals surface area contributed by atoms with Crippen LogP contribution in [0, 0.1) is 0 Å². The van der Waals surface area contributed by atoms with Crippen molar-refractivity contribution in [1.82, 2.24) is 4.90 Å². The van der Waals surface area contributed by atoms with Gasteiger partial charge < -0.3 is 5.11 Å². The van der Waals surface area contributed by atoms with Crippen LogP contribution in [0.5, 0.6) is 0 Å². The van der Waals surface area contributed by atoms with Gasteiger partial charge in [-0.3, -0.25) is 4.90 Å². The first-order valence-electron chi connectivity index (χ1n) is 8.88. The van der Waals surface area contributed by atoms with E-state index in [-0.39, 0.29) is 0 Å². The first-order chi connectivity index (χ1) is 10.7. The number of rotatable bonds is 8. The molecule has 1 saturated heterocycles. The Bertz CT molecular complexity index is 420. The summed E-state index contributed by atoms with van der Waals surface area (Å²) in [5, 5.41) is 11.2. The summed E-state index contributed by atoms with van der Waals surface area (Å²) in [6, 6.07) is 8.25. The maximum Gasteiger partial charge on any atom is 0.0917 e. The van der Waals surface area contributed by atoms with Crippen molar-refractivity contribution in [1.29, 1.82) is 0 Å². The van der Waals surface area contributed by atoms with E-state index in [1.807, 2.05) is 24.3 Å². The molecule has 1 heterocycles. The molecule has 0 aliphatic carbocycles. The average molecular weight is 324 g/mol. The largest absolute Gasteiger partial charge is 0.387 e. The molecule has 1 aliphatic rings. The molecular formula is C19H30ClNO. The SMILES string of the molecule is CCCCCCC1CCCCN1CC(O)c1ccc(Cl)cc1. The number of hydrogen-bond donors (Lipinski definition) is 1. The van der Waals surface area contributed by atoms with Gasteiger partial charge in [-0.05, 0) is 43.5 Å². The number of aliphatic hydroxyl groups is 1. The fraction of sp³-hybridized carbons (Fsp3) is 0.684. The molecule has 1 aromatic rings. The van der Waals surface area contributed by atoms with Crippen molar-refractivity contribution in [3.63, 3.8) is 0 Å². The van der Waals surface area contributed by atoms with Crippen molar-refractivity contribution in [3.05, 3.63) is 34.9 Å². The quantitative estimate of drug-likeness (QED) is 0.665. The third-order valence-corrected chi connectivity index (χ3v) is 5.05. The van der Waals surface area contributed by atoms with Crippen LogP contribution in [0.25, 0.3) is 0 Å². The van der Waals surface area contributed by atoms with Crippen LogP contribution >= 0.6 is 11.6 Å². The van der Waals surface area contributed by atoms with Gasteiger partial charge in [0.1, 0.15) is 0 Å². The Kier molecular flexibility index (Phi) is 7.71. The number of halogens is 1. The van der Waals surface area contributed by atoms with E-state index in [1.54, 1.807) is 0 Å². The lowest BCUT2D eigenvalue weighted by Crippen LogP contribution is -2.41. The number of piperidine rings is 1. The molecule has 0 spiro atoms. The predicted molar refractivity (Wildman–Crippen MR) is 94.4 cm³/mol. The standard InChI is InChI=1S/C19H30ClNO/c1-2-3-4-5-8-18-9-6-7-14-21(18)15-19(22)16-10-12-17(20)13-11-16/h10-13,18-19,22H,2-9,14-15H2,1H3. The van der Waals surface area contributed by atoms with Crippen molar-refractivity contribution in [2.45, 2.75) is 70.4 Å². The molecular weight excluding hydrogens is 294 g/mol. The summed E-state index contributed by atoms with van der Waals surface area (Å²) >= 11 is 5.92. The van der Waals surface area contributed by atoms with E-state index in [1.165, 1.54) is 51.4 Å². The molecule has 2 rings (SSSR count). The van der Waals surface area contributed by atoms with Gasteiger partial charge in [0.25, 0.3) is 0 Å². The highest BCUT2D eigenvalue weighted by Crippen LogP contribution is 2.25. The lowest BCUT2D eigenvalue weighted by atomic mass is 9.95. The van der Waals surface area contributed by atoms with Crippen LogP contribution in [0.2, 0.25) is 5.02 Å². The van der Waals surface area contributed by atoms with Gasteiger partial charge >= 0.3 is 0 Å². The molecule has 2 nitrogen and oxygen atoms in total. The molecule has 0 amide bonds. The summed E-state index contributed by atoms with van der Waals surface area (Å²) in [5.74, 6) is 0. The smallest absolute Gasteiger partial charge is 0.0917 e. The van der Waals surface area contributed by atoms with E-state index < -0.39 is 6.10 Å². The van der Waals surface area contributed by atoms with Crippen molar-refractivity contribution in [2.24, 2.45) is 0 Å². The van der Waals surface area contributed by atoms with E-state index in [0.717, 1.165) is 23.7 Å². The Labute approximate surface area is 140 Å². The lowest BCUT2D eigenvalue weighted by molar-refractivity contribution is 0.0628. The lowest BCUT2D eigenvalue weighted by Gasteiger charge is -2.37. The van der Waals surface area contributed by atoms with Crippen molar-refractivity contribution >= 4 is 11.6 Å². The zero-order valence-electron chi connectivity index (χ0n) is 13.8. The second-order valence-corrected chi connectivity index (χ2v) is 7.00. The molecule has 22 heavy (non-hydrogen) atoms. The molecule has 2 atom stereocenters. The topological polar surface area (TPSA) is 23.5 Å². The summed E-state index contributed by atoms with van der Waals surface area (Å²) in [7, 11) is 0. The van der Waals surface area contributed by atoms with E-state index in [9.17, 15) is 5.11 Å². The molecule has 0 aromatic heterocycles. The average Bonchev–Trinajstić information content (AvgIpc) is 2.53. The highest BCUT2D eigenvalue weighted by molar-refractivity contribution is 6.30. The number of unbranched alkanes of at least 4 members (excludes halogenated alkanes) is 3. The zero-order valence-corrected chi connectivity index (χ0v) is 14.6. The molecule has 3 heteroatoms. The third kappa shape index (κ3) is 5.57. The first kappa shape index (κ1) is 17.8. The highest BCUT2D eigenvalue weighted by atomic mass is 35.5. The number of likely N-dealkylation sites (tertiary alicyclic amines) is 1. The highest BCUT2D eigenvalue weighted by Gasteiger charge is 2.24. The molecule has 0 saturated carbocycles. The second kappa shape index (κ2) is 9.54. The maximum absolute atomic E-state index is 10.5. The first-order valence-corrected chi connectivity index (χ1v) is 9.26. The number of benzene rings is 1. The monoisotopic (exact) mass is 323 g/mol. The molecule has 1 aromatic carbocycles. The summed E-state index contributed by atoms with van der Waals surface area (Å²) in [6.07, 6.45) is 10.1. The maximum atomic E-state index is 10.5. The predicted octanol–water partition coefficient (Wildman–Crippen LogP) is 5.20. The Hall–Kier alpha value is -0.570.